The maximum atomic E-state index is 11.9. The van der Waals surface area contributed by atoms with Gasteiger partial charge in [0.15, 0.2) is 16.3 Å². The summed E-state index contributed by atoms with van der Waals surface area (Å²) >= 11 is 1.41. The number of aliphatic hydroxyl groups excluding tert-OH is 1. The van der Waals surface area contributed by atoms with Gasteiger partial charge < -0.3 is 20.5 Å². The topological polar surface area (TPSA) is 130 Å². The van der Waals surface area contributed by atoms with Crippen LogP contribution in [0.25, 0.3) is 11.2 Å². The molecule has 3 aromatic rings. The third-order valence-corrected chi connectivity index (χ3v) is 4.26. The second-order valence-electron chi connectivity index (χ2n) is 4.85. The summed E-state index contributed by atoms with van der Waals surface area (Å²) in [6.45, 7) is 0.164. The van der Waals surface area contributed by atoms with Crippen molar-refractivity contribution in [3.8, 4) is 5.75 Å². The molecule has 0 spiro atoms. The number of aromatic hydroxyl groups is 1. The highest BCUT2D eigenvalue weighted by Gasteiger charge is 2.15. The molecule has 0 unspecified atom stereocenters. The Morgan fingerprint density at radius 3 is 2.70 bits per heavy atom. The van der Waals surface area contributed by atoms with Gasteiger partial charge in [0.25, 0.3) is 5.56 Å². The molecule has 5 N–H and O–H groups in total. The number of aromatic amines is 1. The third-order valence-electron chi connectivity index (χ3n) is 3.22. The molecular formula is C14H15N5O3S. The number of fused-ring (bicyclic) bond motifs is 1. The molecule has 0 aliphatic carbocycles. The van der Waals surface area contributed by atoms with Gasteiger partial charge in [0.2, 0.25) is 5.95 Å². The molecule has 120 valence electrons. The van der Waals surface area contributed by atoms with Gasteiger partial charge in [-0.15, -0.1) is 0 Å². The number of aliphatic hydroxyl groups is 1. The van der Waals surface area contributed by atoms with Gasteiger partial charge >= 0.3 is 0 Å². The summed E-state index contributed by atoms with van der Waals surface area (Å²) in [4.78, 5) is 22.8. The van der Waals surface area contributed by atoms with Crippen molar-refractivity contribution in [3.63, 3.8) is 0 Å². The lowest BCUT2D eigenvalue weighted by Crippen LogP contribution is -2.12. The fourth-order valence-corrected chi connectivity index (χ4v) is 3.14. The Hall–Kier alpha value is -2.52. The normalized spacial score (nSPS) is 11.2. The number of phenols is 1. The smallest absolute Gasteiger partial charge is 0.280 e. The number of thioether (sulfide) groups is 1. The molecule has 0 atom stereocenters. The second kappa shape index (κ2) is 6.31. The number of rotatable bonds is 5. The van der Waals surface area contributed by atoms with Gasteiger partial charge in [-0.3, -0.25) is 9.78 Å². The van der Waals surface area contributed by atoms with Gasteiger partial charge in [0.1, 0.15) is 5.75 Å². The van der Waals surface area contributed by atoms with Gasteiger partial charge in [0.05, 0.1) is 6.61 Å². The average molecular weight is 333 g/mol. The number of H-pyrrole nitrogens is 1. The molecule has 0 aliphatic heterocycles. The van der Waals surface area contributed by atoms with E-state index in [-0.39, 0.29) is 30.4 Å². The summed E-state index contributed by atoms with van der Waals surface area (Å²) in [7, 11) is 0. The molecule has 0 bridgehead atoms. The number of nitrogens with zero attached hydrogens (tertiary/aromatic N) is 3. The van der Waals surface area contributed by atoms with Crippen LogP contribution in [0.3, 0.4) is 0 Å². The van der Waals surface area contributed by atoms with E-state index in [9.17, 15) is 15.0 Å². The molecule has 0 radical (unpaired) electrons. The molecule has 0 saturated heterocycles. The molecule has 2 heterocycles. The lowest BCUT2D eigenvalue weighted by Gasteiger charge is -2.06. The summed E-state index contributed by atoms with van der Waals surface area (Å²) in [5, 5.41) is 19.1. The van der Waals surface area contributed by atoms with Crippen LogP contribution in [-0.4, -0.2) is 36.3 Å². The van der Waals surface area contributed by atoms with Gasteiger partial charge in [0, 0.05) is 12.3 Å². The molecule has 0 saturated carbocycles. The van der Waals surface area contributed by atoms with Crippen LogP contribution in [0.15, 0.2) is 34.2 Å². The quantitative estimate of drug-likeness (QED) is 0.505. The Labute approximate surface area is 135 Å². The zero-order chi connectivity index (χ0) is 16.4. The predicted octanol–water partition coefficient (Wildman–Crippen LogP) is 0.692. The van der Waals surface area contributed by atoms with Gasteiger partial charge in [-0.05, 0) is 17.7 Å². The van der Waals surface area contributed by atoms with Crippen LogP contribution in [-0.2, 0) is 12.3 Å². The Morgan fingerprint density at radius 1 is 1.26 bits per heavy atom. The maximum absolute atomic E-state index is 11.9. The number of hydrogen-bond acceptors (Lipinski definition) is 7. The standard InChI is InChI=1S/C14H15N5O3S/c15-13-17-11-10(12(22)18-13)16-14(19(11)5-6-20)23-7-8-1-3-9(21)4-2-8/h1-4,20-21H,5-7H2,(H3,15,17,18,22). The number of nitrogen functional groups attached to an aromatic ring is 1. The first-order valence-electron chi connectivity index (χ1n) is 6.86. The lowest BCUT2D eigenvalue weighted by molar-refractivity contribution is 0.273. The molecule has 9 heteroatoms. The summed E-state index contributed by atoms with van der Waals surface area (Å²) in [5.74, 6) is 0.816. The van der Waals surface area contributed by atoms with Crippen molar-refractivity contribution in [2.75, 3.05) is 12.3 Å². The van der Waals surface area contributed by atoms with Gasteiger partial charge in [-0.25, -0.2) is 4.98 Å². The van der Waals surface area contributed by atoms with E-state index in [2.05, 4.69) is 15.0 Å². The van der Waals surface area contributed by atoms with Gasteiger partial charge in [-0.1, -0.05) is 23.9 Å². The van der Waals surface area contributed by atoms with Gasteiger partial charge in [-0.2, -0.15) is 4.98 Å². The molecular weight excluding hydrogens is 318 g/mol. The molecule has 3 rings (SSSR count). The molecule has 1 aromatic carbocycles. The van der Waals surface area contributed by atoms with Crippen LogP contribution in [0, 0.1) is 0 Å². The van der Waals surface area contributed by atoms with Crippen molar-refractivity contribution in [2.45, 2.75) is 17.5 Å². The van der Waals surface area contributed by atoms with E-state index in [1.807, 2.05) is 12.1 Å². The highest BCUT2D eigenvalue weighted by molar-refractivity contribution is 7.98. The molecule has 23 heavy (non-hydrogen) atoms. The SMILES string of the molecule is Nc1nc2c(nc(SCc3ccc(O)cc3)n2CCO)c(=O)[nH]1. The second-order valence-corrected chi connectivity index (χ2v) is 5.79. The fraction of sp³-hybridized carbons (Fsp3) is 0.214. The highest BCUT2D eigenvalue weighted by Crippen LogP contribution is 2.25. The van der Waals surface area contributed by atoms with E-state index in [0.717, 1.165) is 5.56 Å². The maximum Gasteiger partial charge on any atom is 0.280 e. The number of hydrogen-bond donors (Lipinski definition) is 4. The van der Waals surface area contributed by atoms with Crippen molar-refractivity contribution < 1.29 is 10.2 Å². The highest BCUT2D eigenvalue weighted by atomic mass is 32.2. The van der Waals surface area contributed by atoms with Crippen molar-refractivity contribution >= 4 is 28.9 Å². The molecule has 0 fully saturated rings. The minimum absolute atomic E-state index is 0.0108. The number of imidazole rings is 1. The molecule has 0 amide bonds. The van der Waals surface area contributed by atoms with Crippen molar-refractivity contribution in [1.82, 2.24) is 19.5 Å². The first kappa shape index (κ1) is 15.4. The van der Waals surface area contributed by atoms with Crippen LogP contribution in [0.1, 0.15) is 5.56 Å². The van der Waals surface area contributed by atoms with E-state index in [4.69, 9.17) is 5.73 Å². The summed E-state index contributed by atoms with van der Waals surface area (Å²) in [6.07, 6.45) is 0. The Bertz CT molecular complexity index is 888. The molecule has 2 aromatic heterocycles. The van der Waals surface area contributed by atoms with E-state index in [0.29, 0.717) is 16.6 Å². The lowest BCUT2D eigenvalue weighted by atomic mass is 10.2. The Balaban J connectivity index is 1.96. The van der Waals surface area contributed by atoms with E-state index in [1.54, 1.807) is 16.7 Å². The van der Waals surface area contributed by atoms with E-state index < -0.39 is 5.56 Å². The average Bonchev–Trinajstić information content (AvgIpc) is 2.86. The monoisotopic (exact) mass is 333 g/mol. The summed E-state index contributed by atoms with van der Waals surface area (Å²) in [6, 6.07) is 6.84. The number of anilines is 1. The number of nitrogens with two attached hydrogens (primary N) is 1. The van der Waals surface area contributed by atoms with Crippen LogP contribution >= 0.6 is 11.8 Å². The first-order chi connectivity index (χ1) is 11.1. The molecule has 0 aliphatic rings. The van der Waals surface area contributed by atoms with Crippen molar-refractivity contribution in [3.05, 3.63) is 40.2 Å². The summed E-state index contributed by atoms with van der Waals surface area (Å²) < 4.78 is 1.67. The Morgan fingerprint density at radius 2 is 2.00 bits per heavy atom. The number of nitrogens with one attached hydrogen (secondary N) is 1. The van der Waals surface area contributed by atoms with E-state index >= 15 is 0 Å². The zero-order valence-corrected chi connectivity index (χ0v) is 12.9. The Kier molecular flexibility index (Phi) is 4.22. The van der Waals surface area contributed by atoms with Crippen LogP contribution in [0.2, 0.25) is 0 Å². The minimum Gasteiger partial charge on any atom is -0.508 e. The fourth-order valence-electron chi connectivity index (χ4n) is 2.16. The predicted molar refractivity (Wildman–Crippen MR) is 87.3 cm³/mol. The van der Waals surface area contributed by atoms with Crippen molar-refractivity contribution in [2.24, 2.45) is 0 Å². The first-order valence-corrected chi connectivity index (χ1v) is 7.84. The van der Waals surface area contributed by atoms with Crippen LogP contribution in [0.5, 0.6) is 5.75 Å². The third kappa shape index (κ3) is 3.15. The van der Waals surface area contributed by atoms with Crippen molar-refractivity contribution in [1.29, 1.82) is 0 Å². The number of aromatic nitrogens is 4. The number of benzene rings is 1. The summed E-state index contributed by atoms with van der Waals surface area (Å²) in [5.41, 5.74) is 6.72. The number of phenolic OH excluding ortho intramolecular Hbond substituents is 1. The molecule has 8 nitrogen and oxygen atoms in total. The minimum atomic E-state index is -0.407. The largest absolute Gasteiger partial charge is 0.508 e. The zero-order valence-electron chi connectivity index (χ0n) is 12.1. The van der Waals surface area contributed by atoms with E-state index in [1.165, 1.54) is 11.8 Å². The van der Waals surface area contributed by atoms with Crippen LogP contribution in [0.4, 0.5) is 5.95 Å². The van der Waals surface area contributed by atoms with Crippen LogP contribution < -0.4 is 11.3 Å².